The van der Waals surface area contributed by atoms with Crippen molar-refractivity contribution in [3.8, 4) is 5.75 Å². The summed E-state index contributed by atoms with van der Waals surface area (Å²) in [6.45, 7) is 1.36. The molecule has 0 radical (unpaired) electrons. The van der Waals surface area contributed by atoms with Crippen LogP contribution in [0.2, 0.25) is 0 Å². The summed E-state index contributed by atoms with van der Waals surface area (Å²) >= 11 is 0. The molecule has 0 heterocycles. The van der Waals surface area contributed by atoms with Crippen molar-refractivity contribution < 1.29 is 19.5 Å². The average Bonchev–Trinajstić information content (AvgIpc) is 2.65. The van der Waals surface area contributed by atoms with Gasteiger partial charge in [-0.3, -0.25) is 25.2 Å². The van der Waals surface area contributed by atoms with E-state index in [1.54, 1.807) is 24.3 Å². The Morgan fingerprint density at radius 2 is 1.48 bits per heavy atom. The Hall–Kier alpha value is -3.87. The van der Waals surface area contributed by atoms with Crippen LogP contribution in [0.3, 0.4) is 0 Å². The van der Waals surface area contributed by atoms with Crippen LogP contribution in [0.25, 0.3) is 10.8 Å². The highest BCUT2D eigenvalue weighted by atomic mass is 16.3. The lowest BCUT2D eigenvalue weighted by Gasteiger charge is -2.10. The lowest BCUT2D eigenvalue weighted by molar-refractivity contribution is -0.114. The smallest absolute Gasteiger partial charge is 0.273 e. The molecule has 0 aromatic heterocycles. The third-order valence-corrected chi connectivity index (χ3v) is 3.84. The Balaban J connectivity index is 1.71. The molecule has 7 heteroatoms. The first-order valence-electron chi connectivity index (χ1n) is 8.14. The van der Waals surface area contributed by atoms with Gasteiger partial charge in [0.05, 0.1) is 5.56 Å². The van der Waals surface area contributed by atoms with Crippen molar-refractivity contribution >= 4 is 34.2 Å². The minimum Gasteiger partial charge on any atom is -0.507 e. The van der Waals surface area contributed by atoms with Crippen LogP contribution in [-0.2, 0) is 4.79 Å². The van der Waals surface area contributed by atoms with Crippen LogP contribution in [0.4, 0.5) is 5.69 Å². The fourth-order valence-electron chi connectivity index (χ4n) is 2.60. The highest BCUT2D eigenvalue weighted by Crippen LogP contribution is 2.24. The minimum atomic E-state index is -0.649. The standard InChI is InChI=1S/C20H17N3O4/c1-12(24)21-16-8-4-7-15(9-16)19(26)22-23-20(27)17-10-13-5-2-3-6-14(13)11-18(17)25/h2-11,25H,1H3,(H,21,24)(H,22,26)(H,23,27). The first-order valence-corrected chi connectivity index (χ1v) is 8.14. The topological polar surface area (TPSA) is 108 Å². The molecule has 0 atom stereocenters. The van der Waals surface area contributed by atoms with Crippen LogP contribution in [0.5, 0.6) is 5.75 Å². The van der Waals surface area contributed by atoms with E-state index in [0.29, 0.717) is 5.69 Å². The number of fused-ring (bicyclic) bond motifs is 1. The summed E-state index contributed by atoms with van der Waals surface area (Å²) in [7, 11) is 0. The lowest BCUT2D eigenvalue weighted by atomic mass is 10.1. The van der Waals surface area contributed by atoms with Crippen LogP contribution in [-0.4, -0.2) is 22.8 Å². The number of nitrogens with one attached hydrogen (secondary N) is 3. The van der Waals surface area contributed by atoms with Gasteiger partial charge in [0.2, 0.25) is 5.91 Å². The summed E-state index contributed by atoms with van der Waals surface area (Å²) in [5.74, 6) is -1.65. The third kappa shape index (κ3) is 4.21. The van der Waals surface area contributed by atoms with Gasteiger partial charge in [-0.05, 0) is 41.1 Å². The predicted octanol–water partition coefficient (Wildman–Crippen LogP) is 2.58. The summed E-state index contributed by atoms with van der Waals surface area (Å²) in [6.07, 6.45) is 0. The number of rotatable bonds is 3. The number of phenolic OH excluding ortho intramolecular Hbond substituents is 1. The molecule has 0 aliphatic carbocycles. The number of anilines is 1. The number of hydrogen-bond acceptors (Lipinski definition) is 4. The van der Waals surface area contributed by atoms with E-state index in [1.807, 2.05) is 24.3 Å². The quantitative estimate of drug-likeness (QED) is 0.537. The molecule has 3 rings (SSSR count). The maximum atomic E-state index is 12.3. The van der Waals surface area contributed by atoms with E-state index >= 15 is 0 Å². The van der Waals surface area contributed by atoms with Crippen LogP contribution < -0.4 is 16.2 Å². The average molecular weight is 363 g/mol. The number of carbonyl (C=O) groups is 3. The number of carbonyl (C=O) groups excluding carboxylic acids is 3. The van der Waals surface area contributed by atoms with E-state index in [2.05, 4.69) is 16.2 Å². The fraction of sp³-hybridized carbons (Fsp3) is 0.0500. The van der Waals surface area contributed by atoms with Gasteiger partial charge in [0, 0.05) is 18.2 Å². The molecule has 3 aromatic carbocycles. The molecule has 0 aliphatic heterocycles. The molecule has 0 saturated heterocycles. The summed E-state index contributed by atoms with van der Waals surface area (Å²) in [4.78, 5) is 35.6. The second-order valence-electron chi connectivity index (χ2n) is 5.89. The summed E-state index contributed by atoms with van der Waals surface area (Å²) < 4.78 is 0. The fourth-order valence-corrected chi connectivity index (χ4v) is 2.60. The zero-order chi connectivity index (χ0) is 19.4. The molecule has 27 heavy (non-hydrogen) atoms. The Bertz CT molecular complexity index is 1050. The Morgan fingerprint density at radius 1 is 0.815 bits per heavy atom. The van der Waals surface area contributed by atoms with E-state index in [4.69, 9.17) is 0 Å². The molecular weight excluding hydrogens is 346 g/mol. The van der Waals surface area contributed by atoms with Gasteiger partial charge in [0.15, 0.2) is 0 Å². The van der Waals surface area contributed by atoms with Crippen molar-refractivity contribution in [3.63, 3.8) is 0 Å². The van der Waals surface area contributed by atoms with Gasteiger partial charge in [-0.25, -0.2) is 0 Å². The minimum absolute atomic E-state index is 0.0426. The van der Waals surface area contributed by atoms with E-state index in [1.165, 1.54) is 19.1 Å². The summed E-state index contributed by atoms with van der Waals surface area (Å²) in [5, 5.41) is 14.2. The second kappa shape index (κ2) is 7.57. The molecule has 0 aliphatic rings. The lowest BCUT2D eigenvalue weighted by Crippen LogP contribution is -2.41. The first kappa shape index (κ1) is 17.9. The van der Waals surface area contributed by atoms with Crippen LogP contribution in [0, 0.1) is 0 Å². The summed E-state index contributed by atoms with van der Waals surface area (Å²) in [5.41, 5.74) is 5.33. The van der Waals surface area contributed by atoms with Gasteiger partial charge in [-0.2, -0.15) is 0 Å². The molecule has 0 fully saturated rings. The van der Waals surface area contributed by atoms with Crippen LogP contribution >= 0.6 is 0 Å². The zero-order valence-electron chi connectivity index (χ0n) is 14.4. The van der Waals surface area contributed by atoms with Gasteiger partial charge in [-0.15, -0.1) is 0 Å². The second-order valence-corrected chi connectivity index (χ2v) is 5.89. The monoisotopic (exact) mass is 363 g/mol. The summed E-state index contributed by atoms with van der Waals surface area (Å²) in [6, 6.07) is 16.6. The van der Waals surface area contributed by atoms with Gasteiger partial charge >= 0.3 is 0 Å². The Morgan fingerprint density at radius 3 is 2.19 bits per heavy atom. The van der Waals surface area contributed by atoms with Gasteiger partial charge < -0.3 is 10.4 Å². The number of hydrazine groups is 1. The molecule has 136 valence electrons. The molecule has 0 saturated carbocycles. The molecule has 0 bridgehead atoms. The molecule has 4 N–H and O–H groups in total. The number of phenols is 1. The highest BCUT2D eigenvalue weighted by molar-refractivity contribution is 6.03. The Kier molecular flexibility index (Phi) is 5.03. The van der Waals surface area contributed by atoms with Crippen molar-refractivity contribution in [1.29, 1.82) is 0 Å². The Labute approximate surface area is 155 Å². The molecule has 0 unspecified atom stereocenters. The van der Waals surface area contributed by atoms with E-state index in [9.17, 15) is 19.5 Å². The molecule has 3 aromatic rings. The van der Waals surface area contributed by atoms with E-state index in [-0.39, 0.29) is 22.8 Å². The highest BCUT2D eigenvalue weighted by Gasteiger charge is 2.14. The molecular formula is C20H17N3O4. The maximum Gasteiger partial charge on any atom is 0.273 e. The first-order chi connectivity index (χ1) is 12.9. The normalized spacial score (nSPS) is 10.3. The van der Waals surface area contributed by atoms with Gasteiger partial charge in [0.25, 0.3) is 11.8 Å². The van der Waals surface area contributed by atoms with Crippen molar-refractivity contribution in [2.24, 2.45) is 0 Å². The zero-order valence-corrected chi connectivity index (χ0v) is 14.4. The van der Waals surface area contributed by atoms with E-state index < -0.39 is 11.8 Å². The molecule has 0 spiro atoms. The SMILES string of the molecule is CC(=O)Nc1cccc(C(=O)NNC(=O)c2cc3ccccc3cc2O)c1. The number of aromatic hydroxyl groups is 1. The van der Waals surface area contributed by atoms with Crippen molar-refractivity contribution in [2.75, 3.05) is 5.32 Å². The van der Waals surface area contributed by atoms with Crippen molar-refractivity contribution in [3.05, 3.63) is 71.8 Å². The van der Waals surface area contributed by atoms with Crippen molar-refractivity contribution in [1.82, 2.24) is 10.9 Å². The third-order valence-electron chi connectivity index (χ3n) is 3.84. The predicted molar refractivity (Wildman–Crippen MR) is 101 cm³/mol. The number of benzene rings is 3. The van der Waals surface area contributed by atoms with Gasteiger partial charge in [-0.1, -0.05) is 30.3 Å². The van der Waals surface area contributed by atoms with Crippen LogP contribution in [0.15, 0.2) is 60.7 Å². The van der Waals surface area contributed by atoms with E-state index in [0.717, 1.165) is 10.8 Å². The molecule has 7 nitrogen and oxygen atoms in total. The largest absolute Gasteiger partial charge is 0.507 e. The van der Waals surface area contributed by atoms with Crippen molar-refractivity contribution in [2.45, 2.75) is 6.92 Å². The van der Waals surface area contributed by atoms with Crippen LogP contribution in [0.1, 0.15) is 27.6 Å². The number of amides is 3. The number of hydrogen-bond donors (Lipinski definition) is 4. The maximum absolute atomic E-state index is 12.3. The molecule has 3 amide bonds. The van der Waals surface area contributed by atoms with Gasteiger partial charge in [0.1, 0.15) is 5.75 Å².